The lowest BCUT2D eigenvalue weighted by molar-refractivity contribution is -0.114. The molecule has 27 heavy (non-hydrogen) atoms. The van der Waals surface area contributed by atoms with Crippen LogP contribution in [0.1, 0.15) is 29.5 Å². The van der Waals surface area contributed by atoms with E-state index in [1.807, 2.05) is 37.3 Å². The normalized spacial score (nSPS) is 11.6. The topological polar surface area (TPSA) is 138 Å². The summed E-state index contributed by atoms with van der Waals surface area (Å²) in [6.07, 6.45) is -1.57. The standard InChI is InChI=1S/C19H15N5O3/c1-12(16-5-3-2-4-14(16)10-20)13-6-8-15(9-7-13)23-24-17(11-21)18(25)22-19(26)27/h2-9,12,23H,1H3,(H,22,25)(H,26,27)/b24-17-. The van der Waals surface area contributed by atoms with Crippen LogP contribution in [0.25, 0.3) is 0 Å². The number of carbonyl (C=O) groups is 2. The summed E-state index contributed by atoms with van der Waals surface area (Å²) in [5.74, 6) is -1.12. The Morgan fingerprint density at radius 1 is 1.11 bits per heavy atom. The second kappa shape index (κ2) is 8.79. The second-order valence-corrected chi connectivity index (χ2v) is 5.49. The van der Waals surface area contributed by atoms with Crippen LogP contribution >= 0.6 is 0 Å². The molecule has 0 saturated carbocycles. The van der Waals surface area contributed by atoms with E-state index in [0.29, 0.717) is 11.3 Å². The molecule has 3 N–H and O–H groups in total. The van der Waals surface area contributed by atoms with Crippen molar-refractivity contribution in [3.05, 3.63) is 65.2 Å². The van der Waals surface area contributed by atoms with E-state index in [9.17, 15) is 14.9 Å². The van der Waals surface area contributed by atoms with Gasteiger partial charge in [0.2, 0.25) is 5.71 Å². The molecule has 2 rings (SSSR count). The van der Waals surface area contributed by atoms with Crippen molar-refractivity contribution >= 4 is 23.4 Å². The molecule has 2 amide bonds. The molecule has 8 heteroatoms. The fourth-order valence-electron chi connectivity index (χ4n) is 2.41. The number of imide groups is 1. The lowest BCUT2D eigenvalue weighted by Crippen LogP contribution is -2.34. The first-order valence-corrected chi connectivity index (χ1v) is 7.83. The molecule has 0 aliphatic heterocycles. The van der Waals surface area contributed by atoms with Crippen LogP contribution in [0.2, 0.25) is 0 Å². The van der Waals surface area contributed by atoms with Crippen LogP contribution in [0.15, 0.2) is 53.6 Å². The highest BCUT2D eigenvalue weighted by atomic mass is 16.4. The Morgan fingerprint density at radius 2 is 1.78 bits per heavy atom. The van der Waals surface area contributed by atoms with Crippen LogP contribution < -0.4 is 10.7 Å². The van der Waals surface area contributed by atoms with Gasteiger partial charge in [0.05, 0.1) is 17.3 Å². The molecule has 1 atom stereocenters. The predicted octanol–water partition coefficient (Wildman–Crippen LogP) is 2.80. The van der Waals surface area contributed by atoms with E-state index in [-0.39, 0.29) is 5.92 Å². The number of nitriles is 2. The molecule has 2 aromatic rings. The Hall–Kier alpha value is -4.17. The number of carboxylic acid groups (broad SMARTS) is 1. The Morgan fingerprint density at radius 3 is 2.37 bits per heavy atom. The average Bonchev–Trinajstić information content (AvgIpc) is 2.67. The van der Waals surface area contributed by atoms with Crippen molar-refractivity contribution in [2.75, 3.05) is 5.43 Å². The van der Waals surface area contributed by atoms with Gasteiger partial charge in [0, 0.05) is 5.92 Å². The SMILES string of the molecule is CC(c1ccc(N/N=C(/C#N)C(=O)NC(=O)O)cc1)c1ccccc1C#N. The van der Waals surface area contributed by atoms with Crippen LogP contribution in [0, 0.1) is 22.7 Å². The van der Waals surface area contributed by atoms with Gasteiger partial charge in [-0.05, 0) is 29.3 Å². The first-order valence-electron chi connectivity index (χ1n) is 7.83. The van der Waals surface area contributed by atoms with E-state index in [4.69, 9.17) is 10.4 Å². The molecule has 0 saturated heterocycles. The number of nitrogens with zero attached hydrogens (tertiary/aromatic N) is 3. The summed E-state index contributed by atoms with van der Waals surface area (Å²) in [4.78, 5) is 21.9. The molecule has 0 fully saturated rings. The van der Waals surface area contributed by atoms with Crippen molar-refractivity contribution in [2.24, 2.45) is 5.10 Å². The zero-order valence-corrected chi connectivity index (χ0v) is 14.3. The van der Waals surface area contributed by atoms with Crippen molar-refractivity contribution in [3.8, 4) is 12.1 Å². The minimum Gasteiger partial charge on any atom is -0.465 e. The van der Waals surface area contributed by atoms with Gasteiger partial charge in [-0.15, -0.1) is 0 Å². The summed E-state index contributed by atoms with van der Waals surface area (Å²) in [6, 6.07) is 18.1. The third kappa shape index (κ3) is 4.91. The van der Waals surface area contributed by atoms with Gasteiger partial charge in [-0.25, -0.2) is 4.79 Å². The van der Waals surface area contributed by atoms with Gasteiger partial charge in [-0.2, -0.15) is 15.6 Å². The number of rotatable bonds is 5. The van der Waals surface area contributed by atoms with E-state index in [1.165, 1.54) is 6.07 Å². The van der Waals surface area contributed by atoms with E-state index >= 15 is 0 Å². The second-order valence-electron chi connectivity index (χ2n) is 5.49. The number of anilines is 1. The molecule has 0 bridgehead atoms. The number of nitrogens with one attached hydrogen (secondary N) is 2. The van der Waals surface area contributed by atoms with Crippen LogP contribution in [0.4, 0.5) is 10.5 Å². The van der Waals surface area contributed by atoms with Crippen molar-refractivity contribution in [1.29, 1.82) is 10.5 Å². The molecule has 0 spiro atoms. The van der Waals surface area contributed by atoms with Gasteiger partial charge in [0.25, 0.3) is 5.91 Å². The quantitative estimate of drug-likeness (QED) is 0.553. The van der Waals surface area contributed by atoms with Crippen LogP contribution in [-0.2, 0) is 4.79 Å². The Bertz CT molecular complexity index is 968. The fraction of sp³-hybridized carbons (Fsp3) is 0.105. The van der Waals surface area contributed by atoms with Gasteiger partial charge < -0.3 is 5.11 Å². The number of hydrazone groups is 1. The zero-order chi connectivity index (χ0) is 19.8. The molecule has 0 aromatic heterocycles. The molecule has 1 unspecified atom stereocenters. The van der Waals surface area contributed by atoms with Crippen molar-refractivity contribution in [2.45, 2.75) is 12.8 Å². The molecule has 134 valence electrons. The van der Waals surface area contributed by atoms with Gasteiger partial charge in [0.15, 0.2) is 0 Å². The average molecular weight is 361 g/mol. The van der Waals surface area contributed by atoms with Gasteiger partial charge in [-0.3, -0.25) is 15.5 Å². The van der Waals surface area contributed by atoms with Crippen molar-refractivity contribution < 1.29 is 14.7 Å². The van der Waals surface area contributed by atoms with E-state index < -0.39 is 17.7 Å². The lowest BCUT2D eigenvalue weighted by atomic mass is 9.90. The highest BCUT2D eigenvalue weighted by Gasteiger charge is 2.14. The highest BCUT2D eigenvalue weighted by molar-refractivity contribution is 6.46. The van der Waals surface area contributed by atoms with E-state index in [0.717, 1.165) is 11.1 Å². The molecule has 8 nitrogen and oxygen atoms in total. The van der Waals surface area contributed by atoms with Crippen molar-refractivity contribution in [3.63, 3.8) is 0 Å². The fourth-order valence-corrected chi connectivity index (χ4v) is 2.41. The van der Waals surface area contributed by atoms with E-state index in [1.54, 1.807) is 23.5 Å². The lowest BCUT2D eigenvalue weighted by Gasteiger charge is -2.14. The summed E-state index contributed by atoms with van der Waals surface area (Å²) < 4.78 is 0. The Labute approximate surface area is 155 Å². The highest BCUT2D eigenvalue weighted by Crippen LogP contribution is 2.27. The summed E-state index contributed by atoms with van der Waals surface area (Å²) in [5, 5.41) is 31.8. The summed E-state index contributed by atoms with van der Waals surface area (Å²) in [6.45, 7) is 1.99. The molecule has 0 aliphatic rings. The third-order valence-corrected chi connectivity index (χ3v) is 3.80. The number of amides is 2. The number of hydrogen-bond donors (Lipinski definition) is 3. The maximum absolute atomic E-state index is 11.5. The number of benzene rings is 2. The minimum atomic E-state index is -1.57. The first kappa shape index (κ1) is 19.2. The molecular formula is C19H15N5O3. The smallest absolute Gasteiger partial charge is 0.411 e. The summed E-state index contributed by atoms with van der Waals surface area (Å²) >= 11 is 0. The van der Waals surface area contributed by atoms with Crippen LogP contribution in [0.3, 0.4) is 0 Å². The van der Waals surface area contributed by atoms with Gasteiger partial charge >= 0.3 is 6.09 Å². The molecule has 0 aliphatic carbocycles. The zero-order valence-electron chi connectivity index (χ0n) is 14.3. The molecular weight excluding hydrogens is 346 g/mol. The molecule has 2 aromatic carbocycles. The summed E-state index contributed by atoms with van der Waals surface area (Å²) in [5.41, 5.74) is 4.93. The monoisotopic (exact) mass is 361 g/mol. The maximum atomic E-state index is 11.5. The molecule has 0 heterocycles. The van der Waals surface area contributed by atoms with Crippen LogP contribution in [-0.4, -0.2) is 22.8 Å². The first-order chi connectivity index (χ1) is 13.0. The predicted molar refractivity (Wildman–Crippen MR) is 98.0 cm³/mol. The Kier molecular flexibility index (Phi) is 6.24. The summed E-state index contributed by atoms with van der Waals surface area (Å²) in [7, 11) is 0. The largest absolute Gasteiger partial charge is 0.465 e. The van der Waals surface area contributed by atoms with Crippen molar-refractivity contribution in [1.82, 2.24) is 5.32 Å². The number of hydrogen-bond acceptors (Lipinski definition) is 6. The van der Waals surface area contributed by atoms with Crippen LogP contribution in [0.5, 0.6) is 0 Å². The van der Waals surface area contributed by atoms with Gasteiger partial charge in [-0.1, -0.05) is 37.3 Å². The van der Waals surface area contributed by atoms with E-state index in [2.05, 4.69) is 16.6 Å². The number of carbonyl (C=O) groups excluding carboxylic acids is 1. The third-order valence-electron chi connectivity index (χ3n) is 3.80. The van der Waals surface area contributed by atoms with Gasteiger partial charge in [0.1, 0.15) is 6.07 Å². The molecule has 0 radical (unpaired) electrons. The Balaban J connectivity index is 2.14. The maximum Gasteiger partial charge on any atom is 0.411 e. The minimum absolute atomic E-state index is 0.00517.